The Balaban J connectivity index is 2.19. The highest BCUT2D eigenvalue weighted by molar-refractivity contribution is 5.87. The van der Waals surface area contributed by atoms with E-state index in [-0.39, 0.29) is 5.97 Å². The molecule has 2 aromatic heterocycles. The van der Waals surface area contributed by atoms with Gasteiger partial charge in [0.05, 0.1) is 24.3 Å². The van der Waals surface area contributed by atoms with Crippen LogP contribution in [0.3, 0.4) is 0 Å². The summed E-state index contributed by atoms with van der Waals surface area (Å²) in [6.45, 7) is 0. The fourth-order valence-corrected chi connectivity index (χ4v) is 2.30. The number of hydrogen-bond donors (Lipinski definition) is 0. The second-order valence-corrected chi connectivity index (χ2v) is 4.43. The third kappa shape index (κ3) is 1.28. The number of aryl methyl sites for hydroxylation is 1. The SMILES string of the molecule is COC(=O)C1(c2nc3ccncc3n2C)CC1. The molecule has 0 radical (unpaired) electrons. The Kier molecular flexibility index (Phi) is 1.98. The van der Waals surface area contributed by atoms with Crippen LogP contribution in [-0.2, 0) is 22.0 Å². The quantitative estimate of drug-likeness (QED) is 0.728. The predicted molar refractivity (Wildman–Crippen MR) is 61.4 cm³/mol. The zero-order chi connectivity index (χ0) is 12.0. The largest absolute Gasteiger partial charge is 0.468 e. The lowest BCUT2D eigenvalue weighted by Crippen LogP contribution is -2.25. The monoisotopic (exact) mass is 231 g/mol. The molecular formula is C12H13N3O2. The zero-order valence-corrected chi connectivity index (χ0v) is 9.80. The van der Waals surface area contributed by atoms with E-state index in [1.54, 1.807) is 12.4 Å². The van der Waals surface area contributed by atoms with Crippen LogP contribution in [0.15, 0.2) is 18.5 Å². The second kappa shape index (κ2) is 3.29. The molecule has 2 heterocycles. The number of fused-ring (bicyclic) bond motifs is 1. The molecule has 0 bridgehead atoms. The number of esters is 1. The van der Waals surface area contributed by atoms with E-state index in [4.69, 9.17) is 4.74 Å². The van der Waals surface area contributed by atoms with Crippen molar-refractivity contribution in [3.05, 3.63) is 24.3 Å². The summed E-state index contributed by atoms with van der Waals surface area (Å²) in [5, 5.41) is 0. The molecule has 0 spiro atoms. The molecule has 1 saturated carbocycles. The highest BCUT2D eigenvalue weighted by Crippen LogP contribution is 2.48. The highest BCUT2D eigenvalue weighted by atomic mass is 16.5. The van der Waals surface area contributed by atoms with E-state index < -0.39 is 5.41 Å². The summed E-state index contributed by atoms with van der Waals surface area (Å²) in [6.07, 6.45) is 5.09. The first-order chi connectivity index (χ1) is 8.19. The van der Waals surface area contributed by atoms with Gasteiger partial charge in [-0.05, 0) is 18.9 Å². The molecule has 1 fully saturated rings. The number of methoxy groups -OCH3 is 1. The minimum atomic E-state index is -0.525. The first kappa shape index (κ1) is 10.3. The third-order valence-corrected chi connectivity index (χ3v) is 3.44. The van der Waals surface area contributed by atoms with Crippen LogP contribution in [0.1, 0.15) is 18.7 Å². The lowest BCUT2D eigenvalue weighted by atomic mass is 10.1. The van der Waals surface area contributed by atoms with Crippen LogP contribution in [0.2, 0.25) is 0 Å². The van der Waals surface area contributed by atoms with Crippen molar-refractivity contribution >= 4 is 17.0 Å². The van der Waals surface area contributed by atoms with Crippen molar-refractivity contribution in [3.8, 4) is 0 Å². The number of hydrogen-bond acceptors (Lipinski definition) is 4. The van der Waals surface area contributed by atoms with Gasteiger partial charge in [0.1, 0.15) is 11.2 Å². The topological polar surface area (TPSA) is 57.0 Å². The molecule has 1 aliphatic rings. The number of pyridine rings is 1. The van der Waals surface area contributed by atoms with Crippen LogP contribution < -0.4 is 0 Å². The Bertz CT molecular complexity index is 599. The van der Waals surface area contributed by atoms with Crippen molar-refractivity contribution < 1.29 is 9.53 Å². The summed E-state index contributed by atoms with van der Waals surface area (Å²) in [5.41, 5.74) is 1.29. The first-order valence-corrected chi connectivity index (χ1v) is 5.54. The van der Waals surface area contributed by atoms with Crippen LogP contribution in [0, 0.1) is 0 Å². The Labute approximate surface area is 98.4 Å². The molecule has 3 rings (SSSR count). The van der Waals surface area contributed by atoms with Crippen molar-refractivity contribution in [1.82, 2.24) is 14.5 Å². The van der Waals surface area contributed by atoms with Crippen molar-refractivity contribution in [2.24, 2.45) is 7.05 Å². The lowest BCUT2D eigenvalue weighted by Gasteiger charge is -2.12. The fourth-order valence-electron chi connectivity index (χ4n) is 2.30. The Morgan fingerprint density at radius 3 is 2.88 bits per heavy atom. The van der Waals surface area contributed by atoms with E-state index in [2.05, 4.69) is 9.97 Å². The van der Waals surface area contributed by atoms with E-state index in [0.717, 1.165) is 29.7 Å². The molecule has 0 unspecified atom stereocenters. The number of carbonyl (C=O) groups excluding carboxylic acids is 1. The Morgan fingerprint density at radius 1 is 1.53 bits per heavy atom. The molecule has 0 aromatic carbocycles. The van der Waals surface area contributed by atoms with Crippen LogP contribution in [0.4, 0.5) is 0 Å². The summed E-state index contributed by atoms with van der Waals surface area (Å²) in [6, 6.07) is 1.85. The number of rotatable bonds is 2. The van der Waals surface area contributed by atoms with E-state index >= 15 is 0 Å². The maximum absolute atomic E-state index is 11.8. The average Bonchev–Trinajstić information content (AvgIpc) is 3.10. The first-order valence-electron chi connectivity index (χ1n) is 5.54. The van der Waals surface area contributed by atoms with Crippen molar-refractivity contribution in [3.63, 3.8) is 0 Å². The van der Waals surface area contributed by atoms with Gasteiger partial charge in [-0.2, -0.15) is 0 Å². The summed E-state index contributed by atoms with van der Waals surface area (Å²) in [4.78, 5) is 20.4. The molecule has 0 aliphatic heterocycles. The van der Waals surface area contributed by atoms with Crippen LogP contribution in [0.5, 0.6) is 0 Å². The zero-order valence-electron chi connectivity index (χ0n) is 9.80. The molecular weight excluding hydrogens is 218 g/mol. The van der Waals surface area contributed by atoms with Gasteiger partial charge < -0.3 is 9.30 Å². The third-order valence-electron chi connectivity index (χ3n) is 3.44. The minimum Gasteiger partial charge on any atom is -0.468 e. The predicted octanol–water partition coefficient (Wildman–Crippen LogP) is 1.17. The van der Waals surface area contributed by atoms with Gasteiger partial charge in [-0.15, -0.1) is 0 Å². The van der Waals surface area contributed by atoms with E-state index in [1.807, 2.05) is 17.7 Å². The van der Waals surface area contributed by atoms with Gasteiger partial charge in [-0.1, -0.05) is 0 Å². The highest BCUT2D eigenvalue weighted by Gasteiger charge is 2.55. The molecule has 0 amide bonds. The van der Waals surface area contributed by atoms with Gasteiger partial charge in [-0.25, -0.2) is 4.98 Å². The van der Waals surface area contributed by atoms with Crippen molar-refractivity contribution in [2.45, 2.75) is 18.3 Å². The summed E-state index contributed by atoms with van der Waals surface area (Å²) in [5.74, 6) is 0.594. The summed E-state index contributed by atoms with van der Waals surface area (Å²) in [7, 11) is 3.34. The van der Waals surface area contributed by atoms with Gasteiger partial charge in [0.2, 0.25) is 0 Å². The second-order valence-electron chi connectivity index (χ2n) is 4.43. The maximum Gasteiger partial charge on any atom is 0.319 e. The van der Waals surface area contributed by atoms with Gasteiger partial charge in [0.25, 0.3) is 0 Å². The minimum absolute atomic E-state index is 0.191. The summed E-state index contributed by atoms with van der Waals surface area (Å²) >= 11 is 0. The smallest absolute Gasteiger partial charge is 0.319 e. The Hall–Kier alpha value is -1.91. The molecule has 0 saturated heterocycles. The normalized spacial score (nSPS) is 17.1. The number of ether oxygens (including phenoxy) is 1. The van der Waals surface area contributed by atoms with Gasteiger partial charge in [0, 0.05) is 13.2 Å². The number of imidazole rings is 1. The number of nitrogens with zero attached hydrogens (tertiary/aromatic N) is 3. The number of aromatic nitrogens is 3. The van der Waals surface area contributed by atoms with Crippen molar-refractivity contribution in [1.29, 1.82) is 0 Å². The van der Waals surface area contributed by atoms with Crippen molar-refractivity contribution in [2.75, 3.05) is 7.11 Å². The standard InChI is InChI=1S/C12H13N3O2/c1-15-9-7-13-6-3-8(9)14-10(15)12(4-5-12)11(16)17-2/h3,6-7H,4-5H2,1-2H3. The van der Waals surface area contributed by atoms with Crippen LogP contribution in [-0.4, -0.2) is 27.6 Å². The van der Waals surface area contributed by atoms with E-state index in [0.29, 0.717) is 0 Å². The molecule has 5 heteroatoms. The molecule has 2 aromatic rings. The average molecular weight is 231 g/mol. The fraction of sp³-hybridized carbons (Fsp3) is 0.417. The molecule has 0 atom stereocenters. The van der Waals surface area contributed by atoms with E-state index in [9.17, 15) is 4.79 Å². The van der Waals surface area contributed by atoms with Crippen LogP contribution >= 0.6 is 0 Å². The molecule has 0 N–H and O–H groups in total. The van der Waals surface area contributed by atoms with E-state index in [1.165, 1.54) is 7.11 Å². The maximum atomic E-state index is 11.8. The lowest BCUT2D eigenvalue weighted by molar-refractivity contribution is -0.143. The van der Waals surface area contributed by atoms with Crippen LogP contribution in [0.25, 0.3) is 11.0 Å². The van der Waals surface area contributed by atoms with Gasteiger partial charge in [0.15, 0.2) is 0 Å². The van der Waals surface area contributed by atoms with Gasteiger partial charge in [-0.3, -0.25) is 9.78 Å². The summed E-state index contributed by atoms with van der Waals surface area (Å²) < 4.78 is 6.81. The molecule has 88 valence electrons. The Morgan fingerprint density at radius 2 is 2.29 bits per heavy atom. The molecule has 17 heavy (non-hydrogen) atoms. The molecule has 5 nitrogen and oxygen atoms in total. The number of carbonyl (C=O) groups is 1. The van der Waals surface area contributed by atoms with Gasteiger partial charge >= 0.3 is 5.97 Å². The molecule has 1 aliphatic carbocycles.